The molecule has 0 fully saturated rings. The van der Waals surface area contributed by atoms with Gasteiger partial charge in [0.1, 0.15) is 0 Å². The van der Waals surface area contributed by atoms with Crippen molar-refractivity contribution < 1.29 is 14.5 Å². The number of carbonyl (C=O) groups is 2. The third kappa shape index (κ3) is 4.63. The average molecular weight is 317 g/mol. The number of non-ortho nitro benzene ring substituents is 1. The molecule has 0 saturated heterocycles. The van der Waals surface area contributed by atoms with Crippen LogP contribution in [0.25, 0.3) is 0 Å². The topological polar surface area (TPSA) is 119 Å². The fourth-order valence-corrected chi connectivity index (χ4v) is 1.84. The maximum absolute atomic E-state index is 11.8. The number of aromatic nitrogens is 2. The second-order valence-corrected chi connectivity index (χ2v) is 4.76. The van der Waals surface area contributed by atoms with E-state index in [9.17, 15) is 19.7 Å². The molecule has 9 nitrogen and oxygen atoms in total. The second kappa shape index (κ2) is 7.16. The summed E-state index contributed by atoms with van der Waals surface area (Å²) in [4.78, 5) is 33.5. The van der Waals surface area contributed by atoms with E-state index in [4.69, 9.17) is 0 Å². The summed E-state index contributed by atoms with van der Waals surface area (Å²) < 4.78 is 1.56. The number of hydrogen-bond donors (Lipinski definition) is 2. The summed E-state index contributed by atoms with van der Waals surface area (Å²) in [6, 6.07) is 5.24. The van der Waals surface area contributed by atoms with Crippen LogP contribution in [0.2, 0.25) is 0 Å². The summed E-state index contributed by atoms with van der Waals surface area (Å²) in [5.41, 5.74) is 0.792. The summed E-state index contributed by atoms with van der Waals surface area (Å²) in [6.07, 6.45) is 3.29. The molecule has 0 aliphatic heterocycles. The molecule has 2 rings (SSSR count). The lowest BCUT2D eigenvalue weighted by Crippen LogP contribution is -2.27. The van der Waals surface area contributed by atoms with Crippen LogP contribution in [0.3, 0.4) is 0 Å². The van der Waals surface area contributed by atoms with Gasteiger partial charge in [0, 0.05) is 43.9 Å². The molecule has 2 N–H and O–H groups in total. The lowest BCUT2D eigenvalue weighted by molar-refractivity contribution is -0.384. The van der Waals surface area contributed by atoms with Gasteiger partial charge in [0.25, 0.3) is 11.6 Å². The van der Waals surface area contributed by atoms with E-state index in [1.54, 1.807) is 17.9 Å². The Kier molecular flexibility index (Phi) is 5.03. The average Bonchev–Trinajstić information content (AvgIpc) is 2.92. The maximum atomic E-state index is 11.8. The van der Waals surface area contributed by atoms with E-state index in [1.807, 2.05) is 0 Å². The molecule has 0 bridgehead atoms. The van der Waals surface area contributed by atoms with E-state index >= 15 is 0 Å². The minimum atomic E-state index is -0.537. The van der Waals surface area contributed by atoms with E-state index < -0.39 is 10.8 Å². The van der Waals surface area contributed by atoms with Crippen LogP contribution >= 0.6 is 0 Å². The van der Waals surface area contributed by atoms with E-state index in [0.29, 0.717) is 11.3 Å². The predicted octanol–water partition coefficient (Wildman–Crippen LogP) is 1.09. The van der Waals surface area contributed by atoms with Gasteiger partial charge in [-0.15, -0.1) is 0 Å². The summed E-state index contributed by atoms with van der Waals surface area (Å²) in [6.45, 7) is 0.155. The Labute approximate surface area is 131 Å². The smallest absolute Gasteiger partial charge is 0.269 e. The maximum Gasteiger partial charge on any atom is 0.269 e. The van der Waals surface area contributed by atoms with Crippen molar-refractivity contribution in [2.24, 2.45) is 7.05 Å². The molecule has 1 aromatic carbocycles. The Hall–Kier alpha value is -3.23. The molecule has 0 radical (unpaired) electrons. The van der Waals surface area contributed by atoms with Crippen LogP contribution in [0.4, 0.5) is 11.4 Å². The number of nitro benzene ring substituents is 1. The number of nitro groups is 1. The van der Waals surface area contributed by atoms with Gasteiger partial charge >= 0.3 is 0 Å². The monoisotopic (exact) mass is 317 g/mol. The first-order valence-electron chi connectivity index (χ1n) is 6.77. The number of aryl methyl sites for hydroxylation is 1. The molecule has 0 aliphatic carbocycles. The zero-order valence-electron chi connectivity index (χ0n) is 12.4. The molecular formula is C14H15N5O4. The van der Waals surface area contributed by atoms with Crippen LogP contribution in [-0.4, -0.2) is 33.1 Å². The summed E-state index contributed by atoms with van der Waals surface area (Å²) >= 11 is 0. The van der Waals surface area contributed by atoms with E-state index in [2.05, 4.69) is 15.7 Å². The van der Waals surface area contributed by atoms with Gasteiger partial charge in [-0.3, -0.25) is 24.4 Å². The number of rotatable bonds is 6. The van der Waals surface area contributed by atoms with E-state index in [-0.39, 0.29) is 24.6 Å². The zero-order valence-corrected chi connectivity index (χ0v) is 12.4. The van der Waals surface area contributed by atoms with Crippen molar-refractivity contribution in [2.45, 2.75) is 6.42 Å². The molecule has 1 heterocycles. The lowest BCUT2D eigenvalue weighted by Gasteiger charge is -2.05. The molecule has 0 aliphatic rings. The van der Waals surface area contributed by atoms with Crippen LogP contribution in [-0.2, 0) is 11.8 Å². The highest BCUT2D eigenvalue weighted by Gasteiger charge is 2.10. The molecule has 0 unspecified atom stereocenters. The van der Waals surface area contributed by atoms with Crippen LogP contribution in [0.1, 0.15) is 16.8 Å². The summed E-state index contributed by atoms with van der Waals surface area (Å²) in [5.74, 6) is -0.643. The van der Waals surface area contributed by atoms with Crippen LogP contribution in [0, 0.1) is 10.1 Å². The van der Waals surface area contributed by atoms with Gasteiger partial charge in [-0.2, -0.15) is 5.10 Å². The summed E-state index contributed by atoms with van der Waals surface area (Å²) in [5, 5.41) is 19.7. The molecule has 0 saturated carbocycles. The van der Waals surface area contributed by atoms with Gasteiger partial charge in [-0.05, 0) is 12.1 Å². The predicted molar refractivity (Wildman–Crippen MR) is 81.9 cm³/mol. The van der Waals surface area contributed by atoms with E-state index in [1.165, 1.54) is 30.5 Å². The van der Waals surface area contributed by atoms with Gasteiger partial charge in [0.15, 0.2) is 0 Å². The van der Waals surface area contributed by atoms with Crippen LogP contribution in [0.15, 0.2) is 36.7 Å². The molecule has 0 spiro atoms. The normalized spacial score (nSPS) is 10.1. The minimum Gasteiger partial charge on any atom is -0.352 e. The number of anilines is 1. The molecule has 2 aromatic rings. The third-order valence-corrected chi connectivity index (χ3v) is 2.97. The van der Waals surface area contributed by atoms with Gasteiger partial charge in [0.05, 0.1) is 16.8 Å². The first kappa shape index (κ1) is 16.1. The molecular weight excluding hydrogens is 302 g/mol. The van der Waals surface area contributed by atoms with Crippen molar-refractivity contribution in [3.05, 3.63) is 52.3 Å². The SMILES string of the molecule is Cn1cc(NC(=O)CCNC(=O)c2ccc([N+](=O)[O-])cc2)cn1. The third-order valence-electron chi connectivity index (χ3n) is 2.97. The molecule has 2 amide bonds. The van der Waals surface area contributed by atoms with Crippen LogP contribution < -0.4 is 10.6 Å². The Balaban J connectivity index is 1.77. The van der Waals surface area contributed by atoms with Crippen molar-refractivity contribution in [2.75, 3.05) is 11.9 Å². The second-order valence-electron chi connectivity index (χ2n) is 4.76. The first-order chi connectivity index (χ1) is 11.0. The van der Waals surface area contributed by atoms with Gasteiger partial charge in [-0.1, -0.05) is 0 Å². The Bertz CT molecular complexity index is 723. The Morgan fingerprint density at radius 2 is 2.00 bits per heavy atom. The van der Waals surface area contributed by atoms with Crippen molar-refractivity contribution in [3.63, 3.8) is 0 Å². The number of amides is 2. The standard InChI is InChI=1S/C14H15N5O4/c1-18-9-11(8-16-18)17-13(20)6-7-15-14(21)10-2-4-12(5-3-10)19(22)23/h2-5,8-9H,6-7H2,1H3,(H,15,21)(H,17,20). The van der Waals surface area contributed by atoms with Gasteiger partial charge in [-0.25, -0.2) is 0 Å². The van der Waals surface area contributed by atoms with Gasteiger partial charge < -0.3 is 10.6 Å². The molecule has 23 heavy (non-hydrogen) atoms. The Morgan fingerprint density at radius 1 is 1.30 bits per heavy atom. The largest absolute Gasteiger partial charge is 0.352 e. The zero-order chi connectivity index (χ0) is 16.8. The van der Waals surface area contributed by atoms with Crippen molar-refractivity contribution in [1.29, 1.82) is 0 Å². The van der Waals surface area contributed by atoms with Crippen molar-refractivity contribution in [1.82, 2.24) is 15.1 Å². The molecule has 0 atom stereocenters. The number of carbonyl (C=O) groups excluding carboxylic acids is 2. The quantitative estimate of drug-likeness (QED) is 0.610. The highest BCUT2D eigenvalue weighted by Crippen LogP contribution is 2.11. The Morgan fingerprint density at radius 3 is 2.57 bits per heavy atom. The number of benzene rings is 1. The van der Waals surface area contributed by atoms with Crippen molar-refractivity contribution in [3.8, 4) is 0 Å². The highest BCUT2D eigenvalue weighted by molar-refractivity contribution is 5.95. The van der Waals surface area contributed by atoms with Crippen molar-refractivity contribution >= 4 is 23.2 Å². The van der Waals surface area contributed by atoms with E-state index in [0.717, 1.165) is 0 Å². The minimum absolute atomic E-state index is 0.0857. The summed E-state index contributed by atoms with van der Waals surface area (Å²) in [7, 11) is 1.74. The number of hydrogen-bond acceptors (Lipinski definition) is 5. The first-order valence-corrected chi connectivity index (χ1v) is 6.77. The number of nitrogens with zero attached hydrogens (tertiary/aromatic N) is 3. The molecule has 9 heteroatoms. The fourth-order valence-electron chi connectivity index (χ4n) is 1.84. The van der Waals surface area contributed by atoms with Crippen LogP contribution in [0.5, 0.6) is 0 Å². The molecule has 120 valence electrons. The molecule has 1 aromatic heterocycles. The lowest BCUT2D eigenvalue weighted by atomic mass is 10.2. The fraction of sp³-hybridized carbons (Fsp3) is 0.214. The highest BCUT2D eigenvalue weighted by atomic mass is 16.6. The van der Waals surface area contributed by atoms with Gasteiger partial charge in [0.2, 0.25) is 5.91 Å². The number of nitrogens with one attached hydrogen (secondary N) is 2.